The number of carbonyl (C=O) groups is 2. The van der Waals surface area contributed by atoms with Crippen molar-refractivity contribution in [3.63, 3.8) is 0 Å². The Bertz CT molecular complexity index is 730. The lowest BCUT2D eigenvalue weighted by Gasteiger charge is -2.17. The van der Waals surface area contributed by atoms with E-state index in [0.29, 0.717) is 15.7 Å². The summed E-state index contributed by atoms with van der Waals surface area (Å²) in [5.41, 5.74) is 2.05. The van der Waals surface area contributed by atoms with E-state index in [1.165, 1.54) is 18.0 Å². The maximum absolute atomic E-state index is 12.4. The zero-order valence-electron chi connectivity index (χ0n) is 12.8. The molecule has 0 atom stereocenters. The third kappa shape index (κ3) is 4.71. The third-order valence-corrected chi connectivity index (χ3v) is 3.79. The molecule has 0 bridgehead atoms. The van der Waals surface area contributed by atoms with E-state index in [4.69, 9.17) is 23.2 Å². The molecular weight excluding hydrogens is 335 g/mol. The van der Waals surface area contributed by atoms with Gasteiger partial charge < -0.3 is 10.2 Å². The van der Waals surface area contributed by atoms with Crippen LogP contribution in [0.15, 0.2) is 42.5 Å². The molecule has 0 saturated heterocycles. The van der Waals surface area contributed by atoms with Crippen molar-refractivity contribution < 1.29 is 9.59 Å². The van der Waals surface area contributed by atoms with Crippen LogP contribution < -0.4 is 5.32 Å². The molecular formula is C17H16Cl2N2O2. The maximum atomic E-state index is 12.4. The van der Waals surface area contributed by atoms with Gasteiger partial charge in [-0.05, 0) is 37.3 Å². The number of amides is 2. The molecule has 120 valence electrons. The molecule has 0 saturated carbocycles. The van der Waals surface area contributed by atoms with Gasteiger partial charge in [-0.15, -0.1) is 0 Å². The highest BCUT2D eigenvalue weighted by Crippen LogP contribution is 2.21. The Labute approximate surface area is 145 Å². The van der Waals surface area contributed by atoms with Gasteiger partial charge in [-0.25, -0.2) is 0 Å². The summed E-state index contributed by atoms with van der Waals surface area (Å²) in [7, 11) is 1.54. The molecule has 23 heavy (non-hydrogen) atoms. The molecule has 0 fully saturated rings. The average molecular weight is 351 g/mol. The van der Waals surface area contributed by atoms with Crippen LogP contribution in [0.2, 0.25) is 10.0 Å². The minimum atomic E-state index is -0.364. The van der Waals surface area contributed by atoms with E-state index >= 15 is 0 Å². The first kappa shape index (κ1) is 17.3. The fourth-order valence-electron chi connectivity index (χ4n) is 1.99. The van der Waals surface area contributed by atoms with Crippen LogP contribution in [0.25, 0.3) is 0 Å². The zero-order chi connectivity index (χ0) is 17.0. The van der Waals surface area contributed by atoms with Crippen molar-refractivity contribution in [2.45, 2.75) is 6.92 Å². The van der Waals surface area contributed by atoms with Crippen LogP contribution in [-0.2, 0) is 4.79 Å². The molecule has 0 unspecified atom stereocenters. The number of carbonyl (C=O) groups excluding carboxylic acids is 2. The molecule has 0 aliphatic rings. The minimum Gasteiger partial charge on any atom is -0.332 e. The Hall–Kier alpha value is -2.04. The van der Waals surface area contributed by atoms with Gasteiger partial charge in [0.25, 0.3) is 5.91 Å². The lowest BCUT2D eigenvalue weighted by Crippen LogP contribution is -2.35. The van der Waals surface area contributed by atoms with E-state index in [1.807, 2.05) is 31.2 Å². The lowest BCUT2D eigenvalue weighted by atomic mass is 10.2. The van der Waals surface area contributed by atoms with Gasteiger partial charge in [0.2, 0.25) is 5.91 Å². The smallest absolute Gasteiger partial charge is 0.255 e. The van der Waals surface area contributed by atoms with Gasteiger partial charge in [0.1, 0.15) is 0 Å². The number of anilines is 1. The average Bonchev–Trinajstić information content (AvgIpc) is 2.51. The first-order chi connectivity index (χ1) is 10.9. The van der Waals surface area contributed by atoms with E-state index in [0.717, 1.165) is 5.56 Å². The van der Waals surface area contributed by atoms with E-state index < -0.39 is 0 Å². The number of nitrogens with zero attached hydrogens (tertiary/aromatic N) is 1. The lowest BCUT2D eigenvalue weighted by molar-refractivity contribution is -0.116. The number of aryl methyl sites for hydroxylation is 1. The van der Waals surface area contributed by atoms with Crippen LogP contribution in [0.3, 0.4) is 0 Å². The molecule has 4 nitrogen and oxygen atoms in total. The number of benzene rings is 2. The van der Waals surface area contributed by atoms with Crippen LogP contribution in [0.4, 0.5) is 5.69 Å². The summed E-state index contributed by atoms with van der Waals surface area (Å²) in [6.45, 7) is 1.88. The van der Waals surface area contributed by atoms with E-state index in [2.05, 4.69) is 5.32 Å². The molecule has 1 N–H and O–H groups in total. The second kappa shape index (κ2) is 7.49. The molecule has 0 aliphatic carbocycles. The van der Waals surface area contributed by atoms with Crippen LogP contribution in [0.1, 0.15) is 15.9 Å². The van der Waals surface area contributed by atoms with Crippen molar-refractivity contribution in [2.75, 3.05) is 18.9 Å². The van der Waals surface area contributed by atoms with Gasteiger partial charge in [0.05, 0.1) is 17.1 Å². The fourth-order valence-corrected chi connectivity index (χ4v) is 2.36. The molecule has 0 spiro atoms. The van der Waals surface area contributed by atoms with Crippen molar-refractivity contribution in [3.8, 4) is 0 Å². The normalized spacial score (nSPS) is 10.3. The summed E-state index contributed by atoms with van der Waals surface area (Å²) in [6, 6.07) is 12.1. The molecule has 2 aromatic rings. The first-order valence-electron chi connectivity index (χ1n) is 6.94. The van der Waals surface area contributed by atoms with E-state index in [-0.39, 0.29) is 23.9 Å². The van der Waals surface area contributed by atoms with E-state index in [9.17, 15) is 9.59 Å². The predicted octanol–water partition coefficient (Wildman–Crippen LogP) is 4.01. The molecule has 0 heterocycles. The zero-order valence-corrected chi connectivity index (χ0v) is 14.3. The number of nitrogens with one attached hydrogen (secondary N) is 1. The summed E-state index contributed by atoms with van der Waals surface area (Å²) in [4.78, 5) is 25.7. The van der Waals surface area contributed by atoms with Crippen molar-refractivity contribution >= 4 is 40.7 Å². The van der Waals surface area contributed by atoms with Crippen molar-refractivity contribution in [1.29, 1.82) is 0 Å². The molecule has 2 aromatic carbocycles. The fraction of sp³-hybridized carbons (Fsp3) is 0.176. The second-order valence-electron chi connectivity index (χ2n) is 5.20. The summed E-state index contributed by atoms with van der Waals surface area (Å²) in [6.07, 6.45) is 0. The van der Waals surface area contributed by atoms with E-state index in [1.54, 1.807) is 12.1 Å². The highest BCUT2D eigenvalue weighted by atomic mass is 35.5. The van der Waals surface area contributed by atoms with Gasteiger partial charge in [0, 0.05) is 17.8 Å². The molecule has 2 amide bonds. The van der Waals surface area contributed by atoms with Gasteiger partial charge in [-0.3, -0.25) is 9.59 Å². The molecule has 6 heteroatoms. The summed E-state index contributed by atoms with van der Waals surface area (Å²) < 4.78 is 0. The number of halogens is 2. The Morgan fingerprint density at radius 3 is 2.39 bits per heavy atom. The summed E-state index contributed by atoms with van der Waals surface area (Å²) in [5.74, 6) is -0.653. The number of rotatable bonds is 4. The Kier molecular flexibility index (Phi) is 5.64. The third-order valence-electron chi connectivity index (χ3n) is 3.22. The van der Waals surface area contributed by atoms with Gasteiger partial charge >= 0.3 is 0 Å². The maximum Gasteiger partial charge on any atom is 0.255 e. The van der Waals surface area contributed by atoms with Crippen molar-refractivity contribution in [2.24, 2.45) is 0 Å². The van der Waals surface area contributed by atoms with Crippen LogP contribution >= 0.6 is 23.2 Å². The van der Waals surface area contributed by atoms with Crippen molar-refractivity contribution in [3.05, 3.63) is 63.6 Å². The highest BCUT2D eigenvalue weighted by Gasteiger charge is 2.18. The molecule has 0 aliphatic heterocycles. The Morgan fingerprint density at radius 1 is 1.09 bits per heavy atom. The first-order valence-corrected chi connectivity index (χ1v) is 7.69. The minimum absolute atomic E-state index is 0.0877. The van der Waals surface area contributed by atoms with Gasteiger partial charge in [-0.1, -0.05) is 40.9 Å². The Balaban J connectivity index is 2.01. The number of hydrogen-bond acceptors (Lipinski definition) is 2. The van der Waals surface area contributed by atoms with Gasteiger partial charge in [0.15, 0.2) is 0 Å². The van der Waals surface area contributed by atoms with Crippen LogP contribution in [0, 0.1) is 6.92 Å². The second-order valence-corrected chi connectivity index (χ2v) is 6.04. The monoisotopic (exact) mass is 350 g/mol. The largest absolute Gasteiger partial charge is 0.332 e. The number of likely N-dealkylation sites (N-methyl/N-ethyl adjacent to an activating group) is 1. The quantitative estimate of drug-likeness (QED) is 0.905. The highest BCUT2D eigenvalue weighted by molar-refractivity contribution is 6.35. The number of hydrogen-bond donors (Lipinski definition) is 1. The molecule has 0 radical (unpaired) electrons. The predicted molar refractivity (Wildman–Crippen MR) is 93.2 cm³/mol. The topological polar surface area (TPSA) is 49.4 Å². The summed E-state index contributed by atoms with van der Waals surface area (Å²) in [5, 5.41) is 3.45. The molecule has 0 aromatic heterocycles. The summed E-state index contributed by atoms with van der Waals surface area (Å²) >= 11 is 11.9. The Morgan fingerprint density at radius 2 is 1.74 bits per heavy atom. The van der Waals surface area contributed by atoms with Crippen molar-refractivity contribution in [1.82, 2.24) is 4.90 Å². The standard InChI is InChI=1S/C17H16Cl2N2O2/c1-11-3-6-13(7-4-11)20-16(22)10-21(2)17(23)14-9-12(18)5-8-15(14)19/h3-9H,10H2,1-2H3,(H,20,22). The van der Waals surface area contributed by atoms with Gasteiger partial charge in [-0.2, -0.15) is 0 Å². The SMILES string of the molecule is Cc1ccc(NC(=O)CN(C)C(=O)c2cc(Cl)ccc2Cl)cc1. The van der Waals surface area contributed by atoms with Crippen LogP contribution in [-0.4, -0.2) is 30.3 Å². The molecule has 2 rings (SSSR count). The van der Waals surface area contributed by atoms with Crippen LogP contribution in [0.5, 0.6) is 0 Å².